The third-order valence-corrected chi connectivity index (χ3v) is 15.7. The molecule has 0 aliphatic heterocycles. The number of anilines is 4. The highest BCUT2D eigenvalue weighted by Gasteiger charge is 2.31. The molecule has 0 bridgehead atoms. The number of benzene rings is 7. The van der Waals surface area contributed by atoms with Crippen LogP contribution in [-0.2, 0) is 0 Å². The standard InChI is InChI=1S/C68H74N4O8/c1-44-36-62(79-67(75)51-26-18-30-55(39-51)71(6)7)59(46-22-14-11-15-23-46)43-57(44)64(47-32-34-60(58(41-47)45-20-12-10-13-21-45)77-65(73)49-24-16-28-53(37-49)69(2)3)48-33-35-61(78-66(74)50-25-17-29-54(38-50)70(4)5)63(42-48)80-68(76)52-27-19-31-56(40-52)72(8)9/h16-19,24-43,45-46,64H,10-15,20-23H2,1-9H3. The third kappa shape index (κ3) is 13.2. The van der Waals surface area contributed by atoms with Gasteiger partial charge < -0.3 is 38.5 Å². The maximum absolute atomic E-state index is 14.4. The fourth-order valence-corrected chi connectivity index (χ4v) is 11.1. The van der Waals surface area contributed by atoms with Crippen LogP contribution in [0.3, 0.4) is 0 Å². The molecule has 0 spiro atoms. The van der Waals surface area contributed by atoms with Gasteiger partial charge in [0.1, 0.15) is 11.5 Å². The lowest BCUT2D eigenvalue weighted by Crippen LogP contribution is -2.17. The molecule has 0 aromatic heterocycles. The van der Waals surface area contributed by atoms with Crippen molar-refractivity contribution in [3.63, 3.8) is 0 Å². The number of esters is 4. The molecule has 12 nitrogen and oxygen atoms in total. The van der Waals surface area contributed by atoms with Crippen LogP contribution in [0.2, 0.25) is 0 Å². The van der Waals surface area contributed by atoms with Crippen LogP contribution in [0.1, 0.15) is 157 Å². The van der Waals surface area contributed by atoms with Gasteiger partial charge in [-0.2, -0.15) is 0 Å². The average molecular weight is 1080 g/mol. The van der Waals surface area contributed by atoms with E-state index < -0.39 is 29.8 Å². The zero-order valence-corrected chi connectivity index (χ0v) is 47.7. The SMILES string of the molecule is Cc1cc(OC(=O)c2cccc(N(C)C)c2)c(C2CCCCC2)cc1C(c1ccc(OC(=O)c2cccc(N(C)C)c2)c(OC(=O)c2cccc(N(C)C)c2)c1)c1ccc(OC(=O)c2cccc(N(C)C)c2)c(C2CCCCC2)c1. The summed E-state index contributed by atoms with van der Waals surface area (Å²) in [5.41, 5.74) is 10.3. The van der Waals surface area contributed by atoms with Crippen LogP contribution >= 0.6 is 0 Å². The highest BCUT2D eigenvalue weighted by molar-refractivity contribution is 5.95. The minimum absolute atomic E-state index is 0.0542. The molecule has 7 aromatic rings. The van der Waals surface area contributed by atoms with E-state index in [1.54, 1.807) is 60.7 Å². The topological polar surface area (TPSA) is 118 Å². The van der Waals surface area contributed by atoms with Crippen LogP contribution in [0.5, 0.6) is 23.0 Å². The monoisotopic (exact) mass is 1070 g/mol. The lowest BCUT2D eigenvalue weighted by molar-refractivity contribution is 0.0682. The molecular formula is C68H74N4O8. The molecular weight excluding hydrogens is 1000 g/mol. The van der Waals surface area contributed by atoms with Crippen molar-refractivity contribution in [1.82, 2.24) is 0 Å². The van der Waals surface area contributed by atoms with Gasteiger partial charge in [-0.1, -0.05) is 87.1 Å². The number of carbonyl (C=O) groups is 4. The van der Waals surface area contributed by atoms with Crippen LogP contribution in [0.4, 0.5) is 22.7 Å². The molecule has 1 unspecified atom stereocenters. The Morgan fingerprint density at radius 1 is 0.375 bits per heavy atom. The highest BCUT2D eigenvalue weighted by atomic mass is 16.6. The minimum atomic E-state index is -0.630. The number of carbonyl (C=O) groups excluding carboxylic acids is 4. The summed E-state index contributed by atoms with van der Waals surface area (Å²) in [6.07, 6.45) is 10.2. The molecule has 0 saturated heterocycles. The lowest BCUT2D eigenvalue weighted by Gasteiger charge is -2.29. The highest BCUT2D eigenvalue weighted by Crippen LogP contribution is 2.47. The molecule has 2 fully saturated rings. The molecule has 414 valence electrons. The van der Waals surface area contributed by atoms with Gasteiger partial charge in [0.15, 0.2) is 11.5 Å². The van der Waals surface area contributed by atoms with E-state index in [1.807, 2.05) is 156 Å². The molecule has 0 radical (unpaired) electrons. The van der Waals surface area contributed by atoms with E-state index in [1.165, 1.54) is 0 Å². The summed E-state index contributed by atoms with van der Waals surface area (Å²) in [6.45, 7) is 2.04. The van der Waals surface area contributed by atoms with Crippen molar-refractivity contribution in [2.75, 3.05) is 76.0 Å². The Labute approximate surface area is 471 Å². The van der Waals surface area contributed by atoms with Gasteiger partial charge in [-0.3, -0.25) is 0 Å². The minimum Gasteiger partial charge on any atom is -0.423 e. The quantitative estimate of drug-likeness (QED) is 0.0491. The Hall–Kier alpha value is -8.38. The molecule has 0 amide bonds. The van der Waals surface area contributed by atoms with Crippen molar-refractivity contribution >= 4 is 46.6 Å². The van der Waals surface area contributed by atoms with Gasteiger partial charge in [0.2, 0.25) is 0 Å². The van der Waals surface area contributed by atoms with Crippen molar-refractivity contribution in [3.8, 4) is 23.0 Å². The molecule has 0 heterocycles. The first-order chi connectivity index (χ1) is 38.5. The van der Waals surface area contributed by atoms with Gasteiger partial charge in [-0.05, 0) is 175 Å². The van der Waals surface area contributed by atoms with Crippen molar-refractivity contribution < 1.29 is 38.1 Å². The smallest absolute Gasteiger partial charge is 0.343 e. The van der Waals surface area contributed by atoms with Gasteiger partial charge in [0.05, 0.1) is 22.3 Å². The van der Waals surface area contributed by atoms with Crippen molar-refractivity contribution in [1.29, 1.82) is 0 Å². The van der Waals surface area contributed by atoms with E-state index in [4.69, 9.17) is 18.9 Å². The predicted molar refractivity (Wildman–Crippen MR) is 320 cm³/mol. The number of aryl methyl sites for hydroxylation is 1. The summed E-state index contributed by atoms with van der Waals surface area (Å²) in [7, 11) is 15.4. The fourth-order valence-electron chi connectivity index (χ4n) is 11.1. The van der Waals surface area contributed by atoms with Gasteiger partial charge in [-0.25, -0.2) is 19.2 Å². The van der Waals surface area contributed by atoms with Crippen LogP contribution < -0.4 is 38.5 Å². The Kier molecular flexibility index (Phi) is 17.7. The Morgan fingerprint density at radius 3 is 1.14 bits per heavy atom. The zero-order chi connectivity index (χ0) is 56.6. The summed E-state index contributed by atoms with van der Waals surface area (Å²) < 4.78 is 25.5. The number of hydrogen-bond acceptors (Lipinski definition) is 12. The molecule has 2 aliphatic carbocycles. The Bertz CT molecular complexity index is 3390. The van der Waals surface area contributed by atoms with Crippen molar-refractivity contribution in [2.45, 2.75) is 88.9 Å². The first kappa shape index (κ1) is 56.3. The number of ether oxygens (including phenoxy) is 4. The largest absolute Gasteiger partial charge is 0.423 e. The van der Waals surface area contributed by atoms with Crippen LogP contribution in [0, 0.1) is 6.92 Å². The summed E-state index contributed by atoms with van der Waals surface area (Å²) in [4.78, 5) is 64.6. The van der Waals surface area contributed by atoms with Gasteiger partial charge in [-0.15, -0.1) is 0 Å². The molecule has 80 heavy (non-hydrogen) atoms. The lowest BCUT2D eigenvalue weighted by atomic mass is 9.77. The fraction of sp³-hybridized carbons (Fsp3) is 0.324. The number of nitrogens with zero attached hydrogens (tertiary/aromatic N) is 4. The Morgan fingerprint density at radius 2 is 0.725 bits per heavy atom. The summed E-state index contributed by atoms with van der Waals surface area (Å²) in [5.74, 6) is -1.27. The molecule has 12 heteroatoms. The number of hydrogen-bond donors (Lipinski definition) is 0. The molecule has 9 rings (SSSR count). The average Bonchev–Trinajstić information content (AvgIpc) is 3.58. The molecule has 2 saturated carbocycles. The summed E-state index contributed by atoms with van der Waals surface area (Å²) in [6, 6.07) is 45.0. The molecule has 1 atom stereocenters. The van der Waals surface area contributed by atoms with E-state index in [9.17, 15) is 19.2 Å². The van der Waals surface area contributed by atoms with Gasteiger partial charge >= 0.3 is 23.9 Å². The Balaban J connectivity index is 1.22. The second kappa shape index (κ2) is 25.2. The van der Waals surface area contributed by atoms with E-state index in [0.29, 0.717) is 33.8 Å². The number of rotatable bonds is 17. The van der Waals surface area contributed by atoms with Crippen LogP contribution in [-0.4, -0.2) is 80.3 Å². The molecule has 0 N–H and O–H groups in total. The van der Waals surface area contributed by atoms with Crippen molar-refractivity contribution in [2.24, 2.45) is 0 Å². The first-order valence-electron chi connectivity index (χ1n) is 27.9. The van der Waals surface area contributed by atoms with E-state index in [2.05, 4.69) is 12.1 Å². The summed E-state index contributed by atoms with van der Waals surface area (Å²) in [5, 5.41) is 0. The first-order valence-corrected chi connectivity index (χ1v) is 27.9. The van der Waals surface area contributed by atoms with E-state index in [-0.39, 0.29) is 23.3 Å². The molecule has 2 aliphatic rings. The van der Waals surface area contributed by atoms with E-state index in [0.717, 1.165) is 120 Å². The van der Waals surface area contributed by atoms with Gasteiger partial charge in [0.25, 0.3) is 0 Å². The maximum Gasteiger partial charge on any atom is 0.343 e. The van der Waals surface area contributed by atoms with Gasteiger partial charge in [0, 0.05) is 85.0 Å². The molecule has 7 aromatic carbocycles. The normalized spacial score (nSPS) is 14.1. The summed E-state index contributed by atoms with van der Waals surface area (Å²) >= 11 is 0. The van der Waals surface area contributed by atoms with Crippen LogP contribution in [0.25, 0.3) is 0 Å². The predicted octanol–water partition coefficient (Wildman–Crippen LogP) is 14.4. The van der Waals surface area contributed by atoms with Crippen molar-refractivity contribution in [3.05, 3.63) is 201 Å². The second-order valence-electron chi connectivity index (χ2n) is 22.2. The zero-order valence-electron chi connectivity index (χ0n) is 47.7. The maximum atomic E-state index is 14.4. The van der Waals surface area contributed by atoms with Crippen LogP contribution in [0.15, 0.2) is 146 Å². The third-order valence-electron chi connectivity index (χ3n) is 15.7. The van der Waals surface area contributed by atoms with E-state index >= 15 is 0 Å². The second-order valence-corrected chi connectivity index (χ2v) is 22.2.